The van der Waals surface area contributed by atoms with Gasteiger partial charge in [-0.2, -0.15) is 10.4 Å². The molecule has 30 heavy (non-hydrogen) atoms. The summed E-state index contributed by atoms with van der Waals surface area (Å²) < 4.78 is 6.96. The van der Waals surface area contributed by atoms with Gasteiger partial charge in [0.2, 0.25) is 0 Å². The van der Waals surface area contributed by atoms with Crippen molar-refractivity contribution >= 4 is 17.6 Å². The number of carbonyl (C=O) groups excluding carboxylic acids is 2. The average molecular weight is 402 g/mol. The lowest BCUT2D eigenvalue weighted by Gasteiger charge is -2.08. The Hall–Kier alpha value is -3.92. The van der Waals surface area contributed by atoms with Crippen LogP contribution in [0.25, 0.3) is 0 Å². The van der Waals surface area contributed by atoms with E-state index in [9.17, 15) is 9.59 Å². The van der Waals surface area contributed by atoms with Gasteiger partial charge in [0.25, 0.3) is 5.91 Å². The van der Waals surface area contributed by atoms with Crippen molar-refractivity contribution in [2.75, 3.05) is 11.9 Å². The number of rotatable bonds is 7. The van der Waals surface area contributed by atoms with Crippen LogP contribution in [0.5, 0.6) is 0 Å². The molecule has 0 saturated carbocycles. The van der Waals surface area contributed by atoms with E-state index in [1.165, 1.54) is 0 Å². The second kappa shape index (κ2) is 9.52. The normalized spacial score (nSPS) is 10.3. The van der Waals surface area contributed by atoms with Gasteiger partial charge in [0, 0.05) is 5.69 Å². The van der Waals surface area contributed by atoms with Gasteiger partial charge in [-0.1, -0.05) is 42.5 Å². The third kappa shape index (κ3) is 5.11. The molecule has 0 aliphatic rings. The van der Waals surface area contributed by atoms with Crippen LogP contribution in [-0.2, 0) is 22.5 Å². The third-order valence-corrected chi connectivity index (χ3v) is 4.62. The number of nitriles is 1. The number of aromatic nitrogens is 2. The molecule has 0 aliphatic carbocycles. The van der Waals surface area contributed by atoms with Gasteiger partial charge in [-0.25, -0.2) is 4.79 Å². The Kier molecular flexibility index (Phi) is 6.60. The number of esters is 1. The molecular formula is C23H22N4O3. The number of benzene rings is 2. The molecular weight excluding hydrogens is 380 g/mol. The fourth-order valence-electron chi connectivity index (χ4n) is 3.10. The van der Waals surface area contributed by atoms with E-state index in [-0.39, 0.29) is 0 Å². The van der Waals surface area contributed by atoms with E-state index < -0.39 is 18.5 Å². The predicted molar refractivity (Wildman–Crippen MR) is 112 cm³/mol. The first-order chi connectivity index (χ1) is 14.5. The maximum atomic E-state index is 12.5. The minimum absolute atomic E-state index is 0.308. The molecule has 0 unspecified atom stereocenters. The summed E-state index contributed by atoms with van der Waals surface area (Å²) >= 11 is 0. The first-order valence-electron chi connectivity index (χ1n) is 9.48. The molecule has 3 aromatic rings. The number of amides is 1. The molecule has 0 saturated heterocycles. The molecule has 1 amide bonds. The van der Waals surface area contributed by atoms with Crippen LogP contribution in [0.2, 0.25) is 0 Å². The molecule has 0 bridgehead atoms. The molecule has 2 aromatic carbocycles. The van der Waals surface area contributed by atoms with Crippen LogP contribution in [0.3, 0.4) is 0 Å². The minimum Gasteiger partial charge on any atom is -0.452 e. The zero-order chi connectivity index (χ0) is 21.5. The van der Waals surface area contributed by atoms with E-state index in [2.05, 4.69) is 16.5 Å². The molecule has 0 spiro atoms. The zero-order valence-corrected chi connectivity index (χ0v) is 16.9. The minimum atomic E-state index is -0.580. The number of anilines is 1. The molecule has 1 N–H and O–H groups in total. The molecule has 7 nitrogen and oxygen atoms in total. The lowest BCUT2D eigenvalue weighted by atomic mass is 10.1. The van der Waals surface area contributed by atoms with Gasteiger partial charge < -0.3 is 10.1 Å². The fraction of sp³-hybridized carbons (Fsp3) is 0.217. The van der Waals surface area contributed by atoms with E-state index in [1.807, 2.05) is 37.3 Å². The van der Waals surface area contributed by atoms with E-state index in [4.69, 9.17) is 10.00 Å². The second-order valence-corrected chi connectivity index (χ2v) is 6.85. The number of nitrogens with one attached hydrogen (secondary N) is 1. The molecule has 1 heterocycles. The summed E-state index contributed by atoms with van der Waals surface area (Å²) in [4.78, 5) is 24.7. The molecule has 152 valence electrons. The summed E-state index contributed by atoms with van der Waals surface area (Å²) in [7, 11) is 0. The van der Waals surface area contributed by atoms with Gasteiger partial charge in [0.1, 0.15) is 5.56 Å². The van der Waals surface area contributed by atoms with E-state index in [0.29, 0.717) is 35.6 Å². The van der Waals surface area contributed by atoms with Crippen molar-refractivity contribution in [2.24, 2.45) is 0 Å². The number of aryl methyl sites for hydroxylation is 1. The van der Waals surface area contributed by atoms with Crippen molar-refractivity contribution in [1.29, 1.82) is 5.26 Å². The monoisotopic (exact) mass is 402 g/mol. The Morgan fingerprint density at radius 2 is 1.77 bits per heavy atom. The van der Waals surface area contributed by atoms with Crippen molar-refractivity contribution in [3.8, 4) is 6.07 Å². The second-order valence-electron chi connectivity index (χ2n) is 6.85. The van der Waals surface area contributed by atoms with Crippen LogP contribution < -0.4 is 5.32 Å². The molecule has 1 aromatic heterocycles. The van der Waals surface area contributed by atoms with E-state index in [0.717, 1.165) is 11.1 Å². The van der Waals surface area contributed by atoms with Gasteiger partial charge in [-0.15, -0.1) is 0 Å². The van der Waals surface area contributed by atoms with Crippen molar-refractivity contribution in [1.82, 2.24) is 9.78 Å². The van der Waals surface area contributed by atoms with Crippen LogP contribution in [0.4, 0.5) is 5.69 Å². The number of hydrogen-bond acceptors (Lipinski definition) is 5. The molecule has 3 rings (SSSR count). The highest BCUT2D eigenvalue weighted by molar-refractivity contribution is 5.96. The highest BCUT2D eigenvalue weighted by Gasteiger charge is 2.21. The summed E-state index contributed by atoms with van der Waals surface area (Å²) in [6, 6.07) is 18.8. The molecule has 0 fully saturated rings. The van der Waals surface area contributed by atoms with Gasteiger partial charge in [0.15, 0.2) is 6.61 Å². The van der Waals surface area contributed by atoms with Gasteiger partial charge in [-0.05, 0) is 37.1 Å². The first-order valence-corrected chi connectivity index (χ1v) is 9.48. The zero-order valence-electron chi connectivity index (χ0n) is 16.9. The highest BCUT2D eigenvalue weighted by atomic mass is 16.5. The largest absolute Gasteiger partial charge is 0.452 e. The first kappa shape index (κ1) is 20.8. The average Bonchev–Trinajstić information content (AvgIpc) is 3.01. The van der Waals surface area contributed by atoms with Crippen molar-refractivity contribution in [3.05, 3.63) is 82.7 Å². The summed E-state index contributed by atoms with van der Waals surface area (Å²) in [5.41, 5.74) is 4.13. The Labute approximate surface area is 174 Å². The van der Waals surface area contributed by atoms with E-state index in [1.54, 1.807) is 35.9 Å². The Balaban J connectivity index is 1.59. The van der Waals surface area contributed by atoms with Crippen molar-refractivity contribution in [3.63, 3.8) is 0 Å². The van der Waals surface area contributed by atoms with Gasteiger partial charge in [-0.3, -0.25) is 9.48 Å². The summed E-state index contributed by atoms with van der Waals surface area (Å²) in [5, 5.41) is 15.8. The standard InChI is InChI=1S/C23H22N4O3/c1-16-22(17(2)27(26-16)14-19-6-4-3-5-7-19)23(29)30-15-21(28)25-20-10-8-18(9-11-20)12-13-24/h3-11H,12,14-15H2,1-2H3,(H,25,28). The quantitative estimate of drug-likeness (QED) is 0.611. The third-order valence-electron chi connectivity index (χ3n) is 4.62. The van der Waals surface area contributed by atoms with Gasteiger partial charge >= 0.3 is 5.97 Å². The van der Waals surface area contributed by atoms with Crippen LogP contribution in [0.1, 0.15) is 32.9 Å². The topological polar surface area (TPSA) is 97.0 Å². The number of carbonyl (C=O) groups is 2. The summed E-state index contributed by atoms with van der Waals surface area (Å²) in [6.07, 6.45) is 0.308. The van der Waals surface area contributed by atoms with Crippen LogP contribution >= 0.6 is 0 Å². The van der Waals surface area contributed by atoms with E-state index >= 15 is 0 Å². The van der Waals surface area contributed by atoms with Gasteiger partial charge in [0.05, 0.1) is 30.4 Å². The summed E-state index contributed by atoms with van der Waals surface area (Å²) in [6.45, 7) is 3.70. The number of nitrogens with zero attached hydrogens (tertiary/aromatic N) is 3. The SMILES string of the molecule is Cc1nn(Cc2ccccc2)c(C)c1C(=O)OCC(=O)Nc1ccc(CC#N)cc1. The van der Waals surface area contributed by atoms with Crippen LogP contribution in [0, 0.1) is 25.2 Å². The van der Waals surface area contributed by atoms with Crippen LogP contribution in [-0.4, -0.2) is 28.3 Å². The maximum absolute atomic E-state index is 12.5. The highest BCUT2D eigenvalue weighted by Crippen LogP contribution is 2.16. The Bertz CT molecular complexity index is 1080. The lowest BCUT2D eigenvalue weighted by Crippen LogP contribution is -2.21. The predicted octanol–water partition coefficient (Wildman–Crippen LogP) is 3.41. The van der Waals surface area contributed by atoms with Crippen molar-refractivity contribution in [2.45, 2.75) is 26.8 Å². The lowest BCUT2D eigenvalue weighted by molar-refractivity contribution is -0.119. The summed E-state index contributed by atoms with van der Waals surface area (Å²) in [5.74, 6) is -1.02. The molecule has 0 atom stereocenters. The fourth-order valence-corrected chi connectivity index (χ4v) is 3.10. The smallest absolute Gasteiger partial charge is 0.342 e. The maximum Gasteiger partial charge on any atom is 0.342 e. The van der Waals surface area contributed by atoms with Crippen molar-refractivity contribution < 1.29 is 14.3 Å². The molecule has 7 heteroatoms. The molecule has 0 radical (unpaired) electrons. The number of ether oxygens (including phenoxy) is 1. The Morgan fingerprint density at radius 3 is 2.43 bits per heavy atom. The van der Waals surface area contributed by atoms with Crippen LogP contribution in [0.15, 0.2) is 54.6 Å². The molecule has 0 aliphatic heterocycles. The Morgan fingerprint density at radius 1 is 1.07 bits per heavy atom. The number of hydrogen-bond donors (Lipinski definition) is 1.